The number of nitrogens with zero attached hydrogens (tertiary/aromatic N) is 2. The van der Waals surface area contributed by atoms with Crippen LogP contribution in [-0.4, -0.2) is 32.4 Å². The van der Waals surface area contributed by atoms with Crippen molar-refractivity contribution in [2.45, 2.75) is 39.5 Å². The lowest BCUT2D eigenvalue weighted by Gasteiger charge is -2.43. The van der Waals surface area contributed by atoms with Crippen LogP contribution in [0.1, 0.15) is 39.5 Å². The third-order valence-corrected chi connectivity index (χ3v) is 5.43. The van der Waals surface area contributed by atoms with E-state index in [1.165, 1.54) is 37.1 Å². The van der Waals surface area contributed by atoms with E-state index < -0.39 is 0 Å². The van der Waals surface area contributed by atoms with Gasteiger partial charge in [0.05, 0.1) is 11.4 Å². The van der Waals surface area contributed by atoms with Crippen molar-refractivity contribution >= 4 is 24.0 Å². The van der Waals surface area contributed by atoms with Gasteiger partial charge in [-0.15, -0.1) is 0 Å². The average Bonchev–Trinajstić information content (AvgIpc) is 2.51. The first kappa shape index (κ1) is 16.5. The molecule has 0 radical (unpaired) electrons. The van der Waals surface area contributed by atoms with Gasteiger partial charge in [-0.3, -0.25) is 0 Å². The molecule has 0 aromatic heterocycles. The fraction of sp³-hybridized carbons (Fsp3) is 0.667. The highest BCUT2D eigenvalue weighted by molar-refractivity contribution is 7.80. The molecule has 21 heavy (non-hydrogen) atoms. The smallest absolute Gasteiger partial charge is 0.0604 e. The maximum absolute atomic E-state index is 4.72. The summed E-state index contributed by atoms with van der Waals surface area (Å²) in [6, 6.07) is 8.81. The molecule has 1 heterocycles. The molecule has 1 aromatic rings. The van der Waals surface area contributed by atoms with E-state index in [-0.39, 0.29) is 0 Å². The molecule has 0 aliphatic carbocycles. The lowest BCUT2D eigenvalue weighted by Crippen LogP contribution is -2.45. The minimum atomic E-state index is 0.357. The van der Waals surface area contributed by atoms with Crippen LogP contribution in [0.4, 0.5) is 11.4 Å². The van der Waals surface area contributed by atoms with Gasteiger partial charge in [0, 0.05) is 26.7 Å². The fourth-order valence-electron chi connectivity index (χ4n) is 3.69. The number of para-hydroxylation sites is 2. The molecule has 0 spiro atoms. The molecule has 2 nitrogen and oxygen atoms in total. The van der Waals surface area contributed by atoms with E-state index in [1.807, 2.05) is 0 Å². The Morgan fingerprint density at radius 2 is 1.67 bits per heavy atom. The lowest BCUT2D eigenvalue weighted by molar-refractivity contribution is 0.277. The summed E-state index contributed by atoms with van der Waals surface area (Å²) in [6.45, 7) is 7.97. The summed E-state index contributed by atoms with van der Waals surface area (Å²) in [5, 5.41) is 0. The zero-order valence-electron chi connectivity index (χ0n) is 13.8. The maximum atomic E-state index is 4.72. The first-order valence-electron chi connectivity index (χ1n) is 8.32. The van der Waals surface area contributed by atoms with Gasteiger partial charge in [-0.25, -0.2) is 0 Å². The van der Waals surface area contributed by atoms with Crippen LogP contribution in [0.15, 0.2) is 24.3 Å². The van der Waals surface area contributed by atoms with Crippen LogP contribution in [0.5, 0.6) is 0 Å². The summed E-state index contributed by atoms with van der Waals surface area (Å²) in [5.74, 6) is 0.989. The van der Waals surface area contributed by atoms with Gasteiger partial charge in [0.2, 0.25) is 0 Å². The van der Waals surface area contributed by atoms with Crippen LogP contribution < -0.4 is 9.80 Å². The SMILES string of the molecule is CCCC(CS)(CCC)CN1CCN(C)c2ccccc21. The van der Waals surface area contributed by atoms with E-state index in [1.54, 1.807) is 0 Å². The van der Waals surface area contributed by atoms with Gasteiger partial charge in [0.15, 0.2) is 0 Å². The molecule has 0 atom stereocenters. The Labute approximate surface area is 135 Å². The standard InChI is InChI=1S/C18H30N2S/c1-4-10-18(15-21,11-5-2)14-20-13-12-19(3)16-8-6-7-9-17(16)20/h6-9,21H,4-5,10-15H2,1-3H3. The van der Waals surface area contributed by atoms with Crippen LogP contribution in [0.3, 0.4) is 0 Å². The highest BCUT2D eigenvalue weighted by atomic mass is 32.1. The van der Waals surface area contributed by atoms with Crippen molar-refractivity contribution in [2.24, 2.45) is 5.41 Å². The van der Waals surface area contributed by atoms with Crippen molar-refractivity contribution in [1.82, 2.24) is 0 Å². The van der Waals surface area contributed by atoms with Gasteiger partial charge in [-0.2, -0.15) is 12.6 Å². The molecule has 118 valence electrons. The summed E-state index contributed by atoms with van der Waals surface area (Å²) in [7, 11) is 2.19. The van der Waals surface area contributed by atoms with Crippen molar-refractivity contribution in [1.29, 1.82) is 0 Å². The quantitative estimate of drug-likeness (QED) is 0.743. The van der Waals surface area contributed by atoms with E-state index in [2.05, 4.69) is 55.0 Å². The molecule has 0 amide bonds. The molecular formula is C18H30N2S. The van der Waals surface area contributed by atoms with Gasteiger partial charge in [0.25, 0.3) is 0 Å². The molecule has 2 rings (SSSR count). The number of thiol groups is 1. The molecule has 3 heteroatoms. The second-order valence-electron chi connectivity index (χ2n) is 6.49. The molecule has 0 bridgehead atoms. The van der Waals surface area contributed by atoms with Crippen LogP contribution in [0, 0.1) is 5.41 Å². The monoisotopic (exact) mass is 306 g/mol. The summed E-state index contributed by atoms with van der Waals surface area (Å²) in [4.78, 5) is 4.96. The predicted octanol–water partition coefficient (Wildman–Crippen LogP) is 4.46. The topological polar surface area (TPSA) is 6.48 Å². The third kappa shape index (κ3) is 3.68. The average molecular weight is 307 g/mol. The largest absolute Gasteiger partial charge is 0.371 e. The minimum absolute atomic E-state index is 0.357. The molecule has 0 saturated carbocycles. The van der Waals surface area contributed by atoms with Crippen molar-refractivity contribution < 1.29 is 0 Å². The number of fused-ring (bicyclic) bond motifs is 1. The van der Waals surface area contributed by atoms with Crippen molar-refractivity contribution in [3.8, 4) is 0 Å². The maximum Gasteiger partial charge on any atom is 0.0604 e. The number of hydrogen-bond acceptors (Lipinski definition) is 3. The van der Waals surface area contributed by atoms with Crippen LogP contribution >= 0.6 is 12.6 Å². The highest BCUT2D eigenvalue weighted by Crippen LogP contribution is 2.38. The summed E-state index contributed by atoms with van der Waals surface area (Å²) >= 11 is 4.72. The van der Waals surface area contributed by atoms with Crippen molar-refractivity contribution in [2.75, 3.05) is 42.2 Å². The lowest BCUT2D eigenvalue weighted by atomic mass is 9.80. The van der Waals surface area contributed by atoms with E-state index in [4.69, 9.17) is 12.6 Å². The number of benzene rings is 1. The predicted molar refractivity (Wildman–Crippen MR) is 98.0 cm³/mol. The van der Waals surface area contributed by atoms with E-state index in [0.717, 1.165) is 25.4 Å². The number of hydrogen-bond donors (Lipinski definition) is 1. The second-order valence-corrected chi connectivity index (χ2v) is 6.81. The van der Waals surface area contributed by atoms with Gasteiger partial charge in [-0.05, 0) is 36.1 Å². The Morgan fingerprint density at radius 3 is 2.24 bits per heavy atom. The highest BCUT2D eigenvalue weighted by Gasteiger charge is 2.31. The normalized spacial score (nSPS) is 15.2. The van der Waals surface area contributed by atoms with Gasteiger partial charge >= 0.3 is 0 Å². The Kier molecular flexibility index (Phi) is 5.86. The fourth-order valence-corrected chi connectivity index (χ4v) is 4.10. The molecule has 0 fully saturated rings. The zero-order chi connectivity index (χ0) is 15.3. The summed E-state index contributed by atoms with van der Waals surface area (Å²) in [5.41, 5.74) is 3.12. The summed E-state index contributed by atoms with van der Waals surface area (Å²) in [6.07, 6.45) is 5.05. The number of anilines is 2. The molecular weight excluding hydrogens is 276 g/mol. The van der Waals surface area contributed by atoms with E-state index >= 15 is 0 Å². The zero-order valence-corrected chi connectivity index (χ0v) is 14.7. The Hall–Kier alpha value is -0.830. The molecule has 0 N–H and O–H groups in total. The Bertz CT molecular complexity index is 441. The molecule has 1 aromatic carbocycles. The van der Waals surface area contributed by atoms with Gasteiger partial charge < -0.3 is 9.80 Å². The Morgan fingerprint density at radius 1 is 1.05 bits per heavy atom. The Balaban J connectivity index is 2.23. The molecule has 1 aliphatic heterocycles. The van der Waals surface area contributed by atoms with Gasteiger partial charge in [0.1, 0.15) is 0 Å². The molecule has 0 saturated heterocycles. The first-order valence-corrected chi connectivity index (χ1v) is 8.95. The van der Waals surface area contributed by atoms with E-state index in [0.29, 0.717) is 5.41 Å². The first-order chi connectivity index (χ1) is 10.2. The van der Waals surface area contributed by atoms with Crippen LogP contribution in [-0.2, 0) is 0 Å². The molecule has 1 aliphatic rings. The van der Waals surface area contributed by atoms with Crippen molar-refractivity contribution in [3.63, 3.8) is 0 Å². The summed E-state index contributed by atoms with van der Waals surface area (Å²) < 4.78 is 0. The molecule has 0 unspecified atom stereocenters. The van der Waals surface area contributed by atoms with Crippen molar-refractivity contribution in [3.05, 3.63) is 24.3 Å². The van der Waals surface area contributed by atoms with Crippen LogP contribution in [0.25, 0.3) is 0 Å². The van der Waals surface area contributed by atoms with Gasteiger partial charge in [-0.1, -0.05) is 38.8 Å². The minimum Gasteiger partial charge on any atom is -0.371 e. The van der Waals surface area contributed by atoms with Crippen LogP contribution in [0.2, 0.25) is 0 Å². The number of likely N-dealkylation sites (N-methyl/N-ethyl adjacent to an activating group) is 1. The third-order valence-electron chi connectivity index (χ3n) is 4.76. The van der Waals surface area contributed by atoms with E-state index in [9.17, 15) is 0 Å². The number of rotatable bonds is 7. The second kappa shape index (κ2) is 7.44.